The molecular formula is C24H28N2O6. The molecule has 0 saturated heterocycles. The fourth-order valence-corrected chi connectivity index (χ4v) is 3.36. The first kappa shape index (κ1) is 23.1. The summed E-state index contributed by atoms with van der Waals surface area (Å²) in [4.78, 5) is 39.9. The topological polar surface area (TPSA) is 94.2 Å². The van der Waals surface area contributed by atoms with Crippen LogP contribution < -0.4 is 14.8 Å². The molecule has 0 heterocycles. The van der Waals surface area contributed by atoms with Crippen LogP contribution in [0, 0.1) is 11.8 Å². The fraction of sp³-hybridized carbons (Fsp3) is 0.375. The van der Waals surface area contributed by atoms with Crippen molar-refractivity contribution >= 4 is 23.5 Å². The zero-order chi connectivity index (χ0) is 23.4. The Balaban J connectivity index is 1.96. The molecule has 1 aliphatic carbocycles. The highest BCUT2D eigenvalue weighted by molar-refractivity contribution is 6.04. The van der Waals surface area contributed by atoms with Gasteiger partial charge in [-0.05, 0) is 12.3 Å². The fourth-order valence-electron chi connectivity index (χ4n) is 3.36. The molecule has 2 aromatic rings. The third kappa shape index (κ3) is 5.01. The van der Waals surface area contributed by atoms with Crippen molar-refractivity contribution in [3.63, 3.8) is 0 Å². The van der Waals surface area contributed by atoms with Crippen molar-refractivity contribution in [2.24, 2.45) is 11.8 Å². The summed E-state index contributed by atoms with van der Waals surface area (Å²) in [7, 11) is 6.08. The van der Waals surface area contributed by atoms with Crippen LogP contribution in [0.25, 0.3) is 0 Å². The first-order valence-electron chi connectivity index (χ1n) is 10.3. The maximum absolute atomic E-state index is 13.2. The number of carbonyl (C=O) groups excluding carboxylic acids is 3. The molecule has 0 aliphatic heterocycles. The van der Waals surface area contributed by atoms with E-state index in [1.54, 1.807) is 38.4 Å². The molecule has 32 heavy (non-hydrogen) atoms. The zero-order valence-corrected chi connectivity index (χ0v) is 18.9. The van der Waals surface area contributed by atoms with Gasteiger partial charge in [0.15, 0.2) is 11.5 Å². The summed E-state index contributed by atoms with van der Waals surface area (Å²) in [5.74, 6) is -0.482. The Morgan fingerprint density at radius 3 is 2.16 bits per heavy atom. The number of anilines is 1. The number of amides is 2. The molecule has 170 valence electrons. The van der Waals surface area contributed by atoms with Gasteiger partial charge in [-0.2, -0.15) is 0 Å². The Hall–Kier alpha value is -3.55. The van der Waals surface area contributed by atoms with E-state index in [1.165, 1.54) is 31.3 Å². The van der Waals surface area contributed by atoms with E-state index in [9.17, 15) is 14.4 Å². The largest absolute Gasteiger partial charge is 0.493 e. The molecule has 3 rings (SSSR count). The van der Waals surface area contributed by atoms with E-state index in [1.807, 2.05) is 13.0 Å². The van der Waals surface area contributed by atoms with Gasteiger partial charge in [-0.25, -0.2) is 4.79 Å². The quantitative estimate of drug-likeness (QED) is 0.633. The van der Waals surface area contributed by atoms with Gasteiger partial charge in [0.05, 0.1) is 25.5 Å². The lowest BCUT2D eigenvalue weighted by Crippen LogP contribution is -2.31. The second-order valence-electron chi connectivity index (χ2n) is 7.99. The molecule has 0 aromatic heterocycles. The summed E-state index contributed by atoms with van der Waals surface area (Å²) in [5, 5.41) is 2.80. The van der Waals surface area contributed by atoms with Crippen LogP contribution in [0.4, 0.5) is 5.69 Å². The van der Waals surface area contributed by atoms with Crippen molar-refractivity contribution in [3.05, 3.63) is 53.6 Å². The molecule has 8 heteroatoms. The molecule has 1 N–H and O–H groups in total. The number of carbonyl (C=O) groups is 3. The van der Waals surface area contributed by atoms with Crippen molar-refractivity contribution in [1.29, 1.82) is 0 Å². The number of nitrogens with zero attached hydrogens (tertiary/aromatic N) is 1. The minimum Gasteiger partial charge on any atom is -0.493 e. The lowest BCUT2D eigenvalue weighted by Gasteiger charge is -2.22. The van der Waals surface area contributed by atoms with Gasteiger partial charge in [0.25, 0.3) is 5.91 Å². The van der Waals surface area contributed by atoms with E-state index in [-0.39, 0.29) is 29.0 Å². The van der Waals surface area contributed by atoms with Crippen molar-refractivity contribution in [3.8, 4) is 11.5 Å². The van der Waals surface area contributed by atoms with E-state index in [2.05, 4.69) is 5.32 Å². The smallest absolute Gasteiger partial charge is 0.341 e. The first-order valence-corrected chi connectivity index (χ1v) is 10.3. The minimum atomic E-state index is -1.14. The maximum Gasteiger partial charge on any atom is 0.341 e. The minimum absolute atomic E-state index is 0.0665. The average molecular weight is 440 g/mol. The van der Waals surface area contributed by atoms with E-state index in [0.717, 1.165) is 6.42 Å². The van der Waals surface area contributed by atoms with Crippen LogP contribution in [-0.2, 0) is 14.3 Å². The number of rotatable bonds is 8. The lowest BCUT2D eigenvalue weighted by atomic mass is 10.1. The molecule has 0 spiro atoms. The number of benzene rings is 2. The molecule has 0 radical (unpaired) electrons. The molecule has 2 amide bonds. The molecule has 1 aliphatic rings. The van der Waals surface area contributed by atoms with Gasteiger partial charge < -0.3 is 24.4 Å². The Bertz CT molecular complexity index is 1010. The van der Waals surface area contributed by atoms with Crippen molar-refractivity contribution in [1.82, 2.24) is 4.90 Å². The molecule has 1 saturated carbocycles. The average Bonchev–Trinajstić information content (AvgIpc) is 3.53. The Kier molecular flexibility index (Phi) is 7.02. The Morgan fingerprint density at radius 1 is 1.03 bits per heavy atom. The molecule has 2 aromatic carbocycles. The van der Waals surface area contributed by atoms with Gasteiger partial charge >= 0.3 is 5.97 Å². The number of ether oxygens (including phenoxy) is 3. The Labute approximate surface area is 187 Å². The van der Waals surface area contributed by atoms with E-state index in [4.69, 9.17) is 14.2 Å². The predicted molar refractivity (Wildman–Crippen MR) is 119 cm³/mol. The van der Waals surface area contributed by atoms with Crippen molar-refractivity contribution < 1.29 is 28.6 Å². The van der Waals surface area contributed by atoms with Gasteiger partial charge in [-0.1, -0.05) is 37.3 Å². The van der Waals surface area contributed by atoms with Crippen molar-refractivity contribution in [2.45, 2.75) is 19.4 Å². The summed E-state index contributed by atoms with van der Waals surface area (Å²) in [6.07, 6.45) is -0.342. The van der Waals surface area contributed by atoms with E-state index in [0.29, 0.717) is 23.0 Å². The highest BCUT2D eigenvalue weighted by atomic mass is 16.5. The van der Waals surface area contributed by atoms with Gasteiger partial charge in [0.2, 0.25) is 12.0 Å². The highest BCUT2D eigenvalue weighted by Gasteiger charge is 2.39. The van der Waals surface area contributed by atoms with Crippen LogP contribution in [-0.4, -0.2) is 51.0 Å². The second kappa shape index (κ2) is 9.72. The van der Waals surface area contributed by atoms with Gasteiger partial charge in [-0.15, -0.1) is 0 Å². The predicted octanol–water partition coefficient (Wildman–Crippen LogP) is 3.28. The van der Waals surface area contributed by atoms with E-state index < -0.39 is 12.1 Å². The number of nitrogens with one attached hydrogen (secondary N) is 1. The van der Waals surface area contributed by atoms with Crippen LogP contribution >= 0.6 is 0 Å². The SMILES string of the molecule is COc1cc(NC(=O)C2CC2C)c(C(=O)OC(C(=O)N(C)C)c2ccccc2)cc1OC. The van der Waals surface area contributed by atoms with Crippen LogP contribution in [0.3, 0.4) is 0 Å². The van der Waals surface area contributed by atoms with Crippen LogP contribution in [0.5, 0.6) is 11.5 Å². The first-order chi connectivity index (χ1) is 15.3. The van der Waals surface area contributed by atoms with Crippen LogP contribution in [0.15, 0.2) is 42.5 Å². The van der Waals surface area contributed by atoms with Gasteiger partial charge in [0, 0.05) is 37.7 Å². The number of methoxy groups -OCH3 is 2. The van der Waals surface area contributed by atoms with Gasteiger partial charge in [0.1, 0.15) is 0 Å². The zero-order valence-electron chi connectivity index (χ0n) is 18.9. The van der Waals surface area contributed by atoms with Crippen LogP contribution in [0.2, 0.25) is 0 Å². The molecule has 3 unspecified atom stereocenters. The summed E-state index contributed by atoms with van der Waals surface area (Å²) in [6.45, 7) is 1.99. The van der Waals surface area contributed by atoms with Crippen molar-refractivity contribution in [2.75, 3.05) is 33.6 Å². The Morgan fingerprint density at radius 2 is 1.62 bits per heavy atom. The summed E-state index contributed by atoms with van der Waals surface area (Å²) in [5.41, 5.74) is 0.843. The summed E-state index contributed by atoms with van der Waals surface area (Å²) < 4.78 is 16.3. The highest BCUT2D eigenvalue weighted by Crippen LogP contribution is 2.40. The summed E-state index contributed by atoms with van der Waals surface area (Å²) >= 11 is 0. The normalized spacial score (nSPS) is 17.7. The molecule has 3 atom stereocenters. The maximum atomic E-state index is 13.2. The van der Waals surface area contributed by atoms with E-state index >= 15 is 0 Å². The molecular weight excluding hydrogens is 412 g/mol. The summed E-state index contributed by atoms with van der Waals surface area (Å²) in [6, 6.07) is 11.7. The van der Waals surface area contributed by atoms with Crippen LogP contribution in [0.1, 0.15) is 35.4 Å². The molecule has 8 nitrogen and oxygen atoms in total. The lowest BCUT2D eigenvalue weighted by molar-refractivity contribution is -0.138. The monoisotopic (exact) mass is 440 g/mol. The third-order valence-corrected chi connectivity index (χ3v) is 5.44. The number of hydrogen-bond donors (Lipinski definition) is 1. The third-order valence-electron chi connectivity index (χ3n) is 5.44. The molecule has 1 fully saturated rings. The molecule has 0 bridgehead atoms. The number of hydrogen-bond acceptors (Lipinski definition) is 6. The standard InChI is InChI=1S/C24H28N2O6/c1-14-11-16(14)22(27)25-18-13-20(31-5)19(30-4)12-17(18)24(29)32-21(23(28)26(2)3)15-9-7-6-8-10-15/h6-10,12-14,16,21H,11H2,1-5H3,(H,25,27). The number of likely N-dealkylation sites (N-methyl/N-ethyl adjacent to an activating group) is 1. The van der Waals surface area contributed by atoms with Gasteiger partial charge in [-0.3, -0.25) is 9.59 Å². The number of esters is 1. The second-order valence-corrected chi connectivity index (χ2v) is 7.99.